The van der Waals surface area contributed by atoms with Crippen LogP contribution in [0.4, 0.5) is 0 Å². The van der Waals surface area contributed by atoms with Gasteiger partial charge in [0.05, 0.1) is 48.1 Å². The van der Waals surface area contributed by atoms with Crippen LogP contribution in [0.15, 0.2) is 12.7 Å². The third-order valence-corrected chi connectivity index (χ3v) is 12.7. The summed E-state index contributed by atoms with van der Waals surface area (Å²) in [6.45, 7) is 22.9. The summed E-state index contributed by atoms with van der Waals surface area (Å²) in [5.41, 5.74) is -3.87. The van der Waals surface area contributed by atoms with Crippen LogP contribution in [0.1, 0.15) is 94.9 Å². The van der Waals surface area contributed by atoms with Gasteiger partial charge >= 0.3 is 5.97 Å². The third-order valence-electron chi connectivity index (χ3n) is 12.7. The van der Waals surface area contributed by atoms with Crippen molar-refractivity contribution < 1.29 is 58.4 Å². The molecular weight excluding hydrogens is 712 g/mol. The molecule has 0 aromatic carbocycles. The molecule has 3 saturated heterocycles. The van der Waals surface area contributed by atoms with E-state index in [1.165, 1.54) is 14.0 Å². The lowest BCUT2D eigenvalue weighted by atomic mass is 9.77. The molecule has 55 heavy (non-hydrogen) atoms. The molecule has 3 rings (SSSR count). The number of carbonyl (C=O) groups excluding carboxylic acids is 1. The number of aliphatic hydroxyl groups excluding tert-OH is 3. The fraction of sp³-hybridized carbons (Fsp3) is 0.927. The van der Waals surface area contributed by atoms with Crippen LogP contribution >= 0.6 is 0 Å². The molecule has 0 amide bonds. The molecule has 0 unspecified atom stereocenters. The Morgan fingerprint density at radius 1 is 0.982 bits per heavy atom. The van der Waals surface area contributed by atoms with Crippen molar-refractivity contribution in [2.45, 2.75) is 185 Å². The van der Waals surface area contributed by atoms with Gasteiger partial charge in [0.15, 0.2) is 12.6 Å². The predicted molar refractivity (Wildman–Crippen MR) is 208 cm³/mol. The lowest BCUT2D eigenvalue weighted by molar-refractivity contribution is -0.320. The van der Waals surface area contributed by atoms with Crippen LogP contribution in [0.5, 0.6) is 0 Å². The average molecular weight is 789 g/mol. The maximum absolute atomic E-state index is 14.4. The number of rotatable bonds is 10. The Labute approximate surface area is 330 Å². The van der Waals surface area contributed by atoms with Crippen molar-refractivity contribution in [1.29, 1.82) is 0 Å². The van der Waals surface area contributed by atoms with Gasteiger partial charge in [-0.2, -0.15) is 0 Å². The van der Waals surface area contributed by atoms with E-state index in [1.54, 1.807) is 33.8 Å². The van der Waals surface area contributed by atoms with Crippen molar-refractivity contribution >= 4 is 5.97 Å². The second kappa shape index (κ2) is 19.7. The number of methoxy groups -OCH3 is 1. The van der Waals surface area contributed by atoms with Crippen LogP contribution in [0.25, 0.3) is 0 Å². The van der Waals surface area contributed by atoms with Gasteiger partial charge in [-0.3, -0.25) is 4.79 Å². The summed E-state index contributed by atoms with van der Waals surface area (Å²) >= 11 is 0. The summed E-state index contributed by atoms with van der Waals surface area (Å²) in [6.07, 6.45) is -5.81. The summed E-state index contributed by atoms with van der Waals surface area (Å²) in [5, 5.41) is 46.2. The standard InChI is InChI=1S/C41H76N2O12/c1-16-18-50-40(10)20-23(3)22-43(14)27(7)34(45)41(11,48)30(17-2)53-37(47)26(6)33(54-31-21-39(9,49-15)35(46)28(8)52-31)25(5)36(40)55-38-32(44)29(42(12)13)19-24(4)51-38/h16,23-36,38,44-46,48H,1,17-22H2,2-15H3/t23-,24-,25+,26-,27-,28-,29+,30-,31-,32-,33+,34-,35-,36-,38+,39+,40+,41-/m1/s1. The van der Waals surface area contributed by atoms with E-state index in [9.17, 15) is 25.2 Å². The molecule has 18 atom stereocenters. The first kappa shape index (κ1) is 48.1. The summed E-state index contributed by atoms with van der Waals surface area (Å²) in [6, 6.07) is -0.761. The quantitative estimate of drug-likeness (QED) is 0.188. The van der Waals surface area contributed by atoms with Crippen LogP contribution in [-0.4, -0.2) is 168 Å². The Morgan fingerprint density at radius 3 is 2.18 bits per heavy atom. The number of esters is 1. The highest BCUT2D eigenvalue weighted by Gasteiger charge is 2.53. The van der Waals surface area contributed by atoms with E-state index in [1.807, 2.05) is 58.6 Å². The zero-order valence-electron chi connectivity index (χ0n) is 36.1. The monoisotopic (exact) mass is 789 g/mol. The number of carbonyl (C=O) groups is 1. The van der Waals surface area contributed by atoms with Gasteiger partial charge in [-0.25, -0.2) is 0 Å². The number of hydrogen-bond donors (Lipinski definition) is 4. The number of cyclic esters (lactones) is 1. The fourth-order valence-electron chi connectivity index (χ4n) is 9.10. The first-order valence-corrected chi connectivity index (χ1v) is 20.2. The van der Waals surface area contributed by atoms with Gasteiger partial charge in [0.1, 0.15) is 30.0 Å². The molecular formula is C41H76N2O12. The zero-order chi connectivity index (χ0) is 41.8. The van der Waals surface area contributed by atoms with E-state index in [0.717, 1.165) is 0 Å². The van der Waals surface area contributed by atoms with Gasteiger partial charge in [-0.05, 0) is 94.8 Å². The van der Waals surface area contributed by atoms with E-state index >= 15 is 0 Å². The lowest BCUT2D eigenvalue weighted by Gasteiger charge is -2.50. The number of aliphatic hydroxyl groups is 4. The highest BCUT2D eigenvalue weighted by molar-refractivity contribution is 5.73. The van der Waals surface area contributed by atoms with E-state index in [0.29, 0.717) is 19.4 Å². The molecule has 0 radical (unpaired) electrons. The fourth-order valence-corrected chi connectivity index (χ4v) is 9.10. The minimum absolute atomic E-state index is 0.0449. The maximum atomic E-state index is 14.4. The van der Waals surface area contributed by atoms with Gasteiger partial charge in [0.25, 0.3) is 0 Å². The SMILES string of the molecule is C=CCO[C@@]1(C)C[C@@H](C)CN(C)[C@H](C)[C@@H](O)[C@](C)(O)[C@@H](CC)OC(=O)[C@H](C)[C@@H](O[C@@H]2C[C@](C)(OC)[C@H](O)[C@@H](C)O2)[C@H](C)[C@H]1O[C@@H]1O[C@H](C)C[C@H](N(C)C)[C@H]1O. The van der Waals surface area contributed by atoms with Crippen molar-refractivity contribution in [3.8, 4) is 0 Å². The van der Waals surface area contributed by atoms with Gasteiger partial charge in [-0.1, -0.05) is 26.8 Å². The van der Waals surface area contributed by atoms with Gasteiger partial charge in [0, 0.05) is 38.1 Å². The maximum Gasteiger partial charge on any atom is 0.311 e. The van der Waals surface area contributed by atoms with Crippen molar-refractivity contribution in [3.05, 3.63) is 12.7 Å². The number of likely N-dealkylation sites (N-methyl/N-ethyl adjacent to an activating group) is 2. The van der Waals surface area contributed by atoms with Crippen molar-refractivity contribution in [2.75, 3.05) is 41.4 Å². The highest BCUT2D eigenvalue weighted by Crippen LogP contribution is 2.41. The molecule has 0 aromatic rings. The molecule has 0 bridgehead atoms. The Bertz CT molecular complexity index is 1230. The molecule has 322 valence electrons. The van der Waals surface area contributed by atoms with Crippen LogP contribution in [0, 0.1) is 17.8 Å². The summed E-state index contributed by atoms with van der Waals surface area (Å²) in [7, 11) is 7.24. The summed E-state index contributed by atoms with van der Waals surface area (Å²) < 4.78 is 45.0. The molecule has 3 aliphatic rings. The Morgan fingerprint density at radius 2 is 1.62 bits per heavy atom. The largest absolute Gasteiger partial charge is 0.459 e. The third kappa shape index (κ3) is 11.1. The van der Waals surface area contributed by atoms with E-state index < -0.39 is 96.0 Å². The number of nitrogens with zero attached hydrogens (tertiary/aromatic N) is 2. The van der Waals surface area contributed by atoms with Crippen LogP contribution in [0.2, 0.25) is 0 Å². The Balaban J connectivity index is 2.26. The topological polar surface area (TPSA) is 169 Å². The van der Waals surface area contributed by atoms with Crippen molar-refractivity contribution in [3.63, 3.8) is 0 Å². The second-order valence-electron chi connectivity index (χ2n) is 17.7. The zero-order valence-corrected chi connectivity index (χ0v) is 36.1. The van der Waals surface area contributed by atoms with Crippen molar-refractivity contribution in [1.82, 2.24) is 9.80 Å². The van der Waals surface area contributed by atoms with E-state index in [2.05, 4.69) is 13.5 Å². The average Bonchev–Trinajstić information content (AvgIpc) is 3.12. The van der Waals surface area contributed by atoms with E-state index in [4.69, 9.17) is 33.2 Å². The van der Waals surface area contributed by atoms with E-state index in [-0.39, 0.29) is 37.5 Å². The first-order chi connectivity index (χ1) is 25.5. The number of ether oxygens (including phenoxy) is 7. The normalized spacial score (nSPS) is 47.5. The summed E-state index contributed by atoms with van der Waals surface area (Å²) in [5.74, 6) is -2.32. The first-order valence-electron chi connectivity index (χ1n) is 20.2. The van der Waals surface area contributed by atoms with Crippen molar-refractivity contribution in [2.24, 2.45) is 17.8 Å². The van der Waals surface area contributed by atoms with Crippen LogP contribution in [-0.2, 0) is 38.0 Å². The molecule has 4 N–H and O–H groups in total. The minimum atomic E-state index is -1.79. The van der Waals surface area contributed by atoms with Gasteiger partial charge < -0.3 is 63.4 Å². The minimum Gasteiger partial charge on any atom is -0.459 e. The Kier molecular flexibility index (Phi) is 17.2. The van der Waals surface area contributed by atoms with Gasteiger partial charge in [-0.15, -0.1) is 6.58 Å². The molecule has 3 heterocycles. The predicted octanol–water partition coefficient (Wildman–Crippen LogP) is 3.11. The number of hydrogen-bond acceptors (Lipinski definition) is 14. The second-order valence-corrected chi connectivity index (χ2v) is 17.7. The Hall–Kier alpha value is -1.27. The van der Waals surface area contributed by atoms with Gasteiger partial charge in [0.2, 0.25) is 0 Å². The van der Waals surface area contributed by atoms with Crippen LogP contribution < -0.4 is 0 Å². The molecule has 3 fully saturated rings. The molecule has 0 aromatic heterocycles. The smallest absolute Gasteiger partial charge is 0.311 e. The summed E-state index contributed by atoms with van der Waals surface area (Å²) in [4.78, 5) is 18.3. The highest BCUT2D eigenvalue weighted by atomic mass is 16.7. The molecule has 14 heteroatoms. The lowest BCUT2D eigenvalue weighted by Crippen LogP contribution is -2.61. The molecule has 0 spiro atoms. The molecule has 0 aliphatic carbocycles. The molecule has 0 saturated carbocycles. The molecule has 3 aliphatic heterocycles. The molecule has 14 nitrogen and oxygen atoms in total. The van der Waals surface area contributed by atoms with Crippen LogP contribution in [0.3, 0.4) is 0 Å².